The van der Waals surface area contributed by atoms with Crippen LogP contribution < -0.4 is 0 Å². The normalized spacial score (nSPS) is 24.4. The second-order valence-corrected chi connectivity index (χ2v) is 4.26. The Bertz CT molecular complexity index is 388. The summed E-state index contributed by atoms with van der Waals surface area (Å²) in [5, 5.41) is 0. The summed E-state index contributed by atoms with van der Waals surface area (Å²) in [5.41, 5.74) is 0.656. The van der Waals surface area contributed by atoms with Gasteiger partial charge in [-0.1, -0.05) is 25.1 Å². The molecule has 3 nitrogen and oxygen atoms in total. The molecule has 1 fully saturated rings. The van der Waals surface area contributed by atoms with Gasteiger partial charge in [0.25, 0.3) is 5.91 Å². The van der Waals surface area contributed by atoms with E-state index in [1.165, 1.54) is 0 Å². The minimum Gasteiger partial charge on any atom is -0.329 e. The van der Waals surface area contributed by atoms with Crippen LogP contribution in [0, 0.1) is 5.92 Å². The van der Waals surface area contributed by atoms with Crippen molar-refractivity contribution in [3.8, 4) is 0 Å². The van der Waals surface area contributed by atoms with E-state index in [9.17, 15) is 9.59 Å². The van der Waals surface area contributed by atoms with Gasteiger partial charge in [-0.2, -0.15) is 0 Å². The van der Waals surface area contributed by atoms with Crippen LogP contribution in [0.2, 0.25) is 0 Å². The molecule has 1 aromatic carbocycles. The quantitative estimate of drug-likeness (QED) is 0.707. The molecule has 1 amide bonds. The number of carbonyl (C=O) groups is 2. The van der Waals surface area contributed by atoms with Crippen molar-refractivity contribution >= 4 is 12.2 Å². The molecule has 0 radical (unpaired) electrons. The van der Waals surface area contributed by atoms with Crippen LogP contribution in [0.3, 0.4) is 0 Å². The van der Waals surface area contributed by atoms with Crippen LogP contribution in [0.4, 0.5) is 0 Å². The molecule has 2 rings (SSSR count). The van der Waals surface area contributed by atoms with Gasteiger partial charge in [0.15, 0.2) is 0 Å². The van der Waals surface area contributed by atoms with Gasteiger partial charge in [0.05, 0.1) is 6.04 Å². The lowest BCUT2D eigenvalue weighted by Crippen LogP contribution is -2.38. The van der Waals surface area contributed by atoms with Gasteiger partial charge in [-0.05, 0) is 24.5 Å². The molecule has 1 aromatic rings. The molecule has 2 atom stereocenters. The molecule has 0 N–H and O–H groups in total. The lowest BCUT2D eigenvalue weighted by molar-refractivity contribution is -0.111. The zero-order valence-electron chi connectivity index (χ0n) is 9.30. The Labute approximate surface area is 95.1 Å². The molecule has 0 bridgehead atoms. The average molecular weight is 217 g/mol. The molecular weight excluding hydrogens is 202 g/mol. The number of hydrogen-bond donors (Lipinski definition) is 0. The molecule has 0 aliphatic carbocycles. The predicted octanol–water partition coefficient (Wildman–Crippen LogP) is 1.74. The summed E-state index contributed by atoms with van der Waals surface area (Å²) in [6, 6.07) is 8.86. The van der Waals surface area contributed by atoms with E-state index in [2.05, 4.69) is 0 Å². The van der Waals surface area contributed by atoms with E-state index in [4.69, 9.17) is 0 Å². The Hall–Kier alpha value is -1.64. The first-order valence-electron chi connectivity index (χ1n) is 5.55. The van der Waals surface area contributed by atoms with Crippen molar-refractivity contribution < 1.29 is 9.59 Å². The summed E-state index contributed by atoms with van der Waals surface area (Å²) >= 11 is 0. The van der Waals surface area contributed by atoms with Crippen molar-refractivity contribution in [2.75, 3.05) is 6.54 Å². The van der Waals surface area contributed by atoms with Gasteiger partial charge in [0.2, 0.25) is 0 Å². The third-order valence-electron chi connectivity index (χ3n) is 3.19. The van der Waals surface area contributed by atoms with Gasteiger partial charge in [-0.3, -0.25) is 4.79 Å². The van der Waals surface area contributed by atoms with Gasteiger partial charge in [-0.25, -0.2) is 0 Å². The topological polar surface area (TPSA) is 37.4 Å². The monoisotopic (exact) mass is 217 g/mol. The summed E-state index contributed by atoms with van der Waals surface area (Å²) in [7, 11) is 0. The Morgan fingerprint density at radius 3 is 2.69 bits per heavy atom. The fourth-order valence-corrected chi connectivity index (χ4v) is 2.16. The number of aldehydes is 1. The summed E-state index contributed by atoms with van der Waals surface area (Å²) in [4.78, 5) is 24.8. The van der Waals surface area contributed by atoms with Crippen molar-refractivity contribution in [3.05, 3.63) is 35.9 Å². The SMILES string of the molecule is C[C@H]1CCN(C(=O)c2ccccc2)[C@@H]1C=O. The lowest BCUT2D eigenvalue weighted by Gasteiger charge is -2.22. The number of amides is 1. The maximum atomic E-state index is 12.1. The van der Waals surface area contributed by atoms with E-state index < -0.39 is 0 Å². The van der Waals surface area contributed by atoms with Crippen LogP contribution in [0.5, 0.6) is 0 Å². The first-order chi connectivity index (χ1) is 7.74. The largest absolute Gasteiger partial charge is 0.329 e. The smallest absolute Gasteiger partial charge is 0.254 e. The highest BCUT2D eigenvalue weighted by Crippen LogP contribution is 2.24. The Kier molecular flexibility index (Phi) is 3.04. The summed E-state index contributed by atoms with van der Waals surface area (Å²) in [5.74, 6) is 0.229. The van der Waals surface area contributed by atoms with E-state index in [1.807, 2.05) is 25.1 Å². The molecule has 0 aromatic heterocycles. The van der Waals surface area contributed by atoms with Crippen LogP contribution in [0.1, 0.15) is 23.7 Å². The van der Waals surface area contributed by atoms with Crippen LogP contribution in [-0.2, 0) is 4.79 Å². The number of carbonyl (C=O) groups excluding carboxylic acids is 2. The number of rotatable bonds is 2. The highest BCUT2D eigenvalue weighted by molar-refractivity contribution is 5.96. The van der Waals surface area contributed by atoms with E-state index in [0.717, 1.165) is 12.7 Å². The van der Waals surface area contributed by atoms with Crippen molar-refractivity contribution in [3.63, 3.8) is 0 Å². The highest BCUT2D eigenvalue weighted by atomic mass is 16.2. The van der Waals surface area contributed by atoms with Crippen molar-refractivity contribution in [2.24, 2.45) is 5.92 Å². The maximum Gasteiger partial charge on any atom is 0.254 e. The summed E-state index contributed by atoms with van der Waals surface area (Å²) in [6.07, 6.45) is 1.79. The minimum atomic E-state index is -0.257. The van der Waals surface area contributed by atoms with E-state index >= 15 is 0 Å². The molecule has 1 aliphatic rings. The predicted molar refractivity (Wildman–Crippen MR) is 61.1 cm³/mol. The van der Waals surface area contributed by atoms with Gasteiger partial charge >= 0.3 is 0 Å². The zero-order chi connectivity index (χ0) is 11.5. The summed E-state index contributed by atoms with van der Waals surface area (Å²) < 4.78 is 0. The van der Waals surface area contributed by atoms with Gasteiger partial charge in [0, 0.05) is 12.1 Å². The molecule has 1 aliphatic heterocycles. The van der Waals surface area contributed by atoms with Crippen LogP contribution in [-0.4, -0.2) is 29.7 Å². The number of benzene rings is 1. The Morgan fingerprint density at radius 2 is 2.06 bits per heavy atom. The molecule has 16 heavy (non-hydrogen) atoms. The van der Waals surface area contributed by atoms with Crippen molar-refractivity contribution in [1.82, 2.24) is 4.90 Å². The molecule has 0 unspecified atom stereocenters. The van der Waals surface area contributed by atoms with E-state index in [-0.39, 0.29) is 17.9 Å². The van der Waals surface area contributed by atoms with Crippen LogP contribution >= 0.6 is 0 Å². The van der Waals surface area contributed by atoms with E-state index in [0.29, 0.717) is 12.1 Å². The number of hydrogen-bond acceptors (Lipinski definition) is 2. The van der Waals surface area contributed by atoms with Gasteiger partial charge in [-0.15, -0.1) is 0 Å². The van der Waals surface area contributed by atoms with Crippen LogP contribution in [0.25, 0.3) is 0 Å². The van der Waals surface area contributed by atoms with Crippen LogP contribution in [0.15, 0.2) is 30.3 Å². The van der Waals surface area contributed by atoms with E-state index in [1.54, 1.807) is 17.0 Å². The second kappa shape index (κ2) is 4.47. The maximum absolute atomic E-state index is 12.1. The fraction of sp³-hybridized carbons (Fsp3) is 0.385. The Morgan fingerprint density at radius 1 is 1.38 bits per heavy atom. The highest BCUT2D eigenvalue weighted by Gasteiger charge is 2.34. The minimum absolute atomic E-state index is 0.0398. The lowest BCUT2D eigenvalue weighted by atomic mass is 10.0. The fourth-order valence-electron chi connectivity index (χ4n) is 2.16. The molecule has 3 heteroatoms. The van der Waals surface area contributed by atoms with Gasteiger partial charge < -0.3 is 9.69 Å². The second-order valence-electron chi connectivity index (χ2n) is 4.26. The molecule has 0 spiro atoms. The van der Waals surface area contributed by atoms with Crippen molar-refractivity contribution in [2.45, 2.75) is 19.4 Å². The number of likely N-dealkylation sites (tertiary alicyclic amines) is 1. The zero-order valence-corrected chi connectivity index (χ0v) is 9.30. The summed E-state index contributed by atoms with van der Waals surface area (Å²) in [6.45, 7) is 2.69. The number of nitrogens with zero attached hydrogens (tertiary/aromatic N) is 1. The molecule has 84 valence electrons. The van der Waals surface area contributed by atoms with Gasteiger partial charge in [0.1, 0.15) is 6.29 Å². The first-order valence-corrected chi connectivity index (χ1v) is 5.55. The average Bonchev–Trinajstić information content (AvgIpc) is 2.70. The molecule has 0 saturated carbocycles. The first kappa shape index (κ1) is 10.9. The third kappa shape index (κ3) is 1.85. The molecule has 1 heterocycles. The third-order valence-corrected chi connectivity index (χ3v) is 3.19. The molecular formula is C13H15NO2. The van der Waals surface area contributed by atoms with Crippen molar-refractivity contribution in [1.29, 1.82) is 0 Å². The molecule has 1 saturated heterocycles. The Balaban J connectivity index is 2.20. The standard InChI is InChI=1S/C13H15NO2/c1-10-7-8-14(12(10)9-15)13(16)11-5-3-2-4-6-11/h2-6,9-10,12H,7-8H2,1H3/t10-,12+/m0/s1.